The Balaban J connectivity index is 3.10. The van der Waals surface area contributed by atoms with Crippen molar-refractivity contribution in [3.63, 3.8) is 0 Å². The highest BCUT2D eigenvalue weighted by atomic mass is 32.2. The average molecular weight is 320 g/mol. The van der Waals surface area contributed by atoms with Crippen LogP contribution in [0.4, 0.5) is 0 Å². The normalized spacial score (nSPS) is 12.8. The number of hydrogen-bond acceptors (Lipinski definition) is 5. The maximum atomic E-state index is 12.4. The molecule has 6 nitrogen and oxygen atoms in total. The van der Waals surface area contributed by atoms with E-state index in [9.17, 15) is 16.8 Å². The average Bonchev–Trinajstić information content (AvgIpc) is 2.35. The van der Waals surface area contributed by atoms with Gasteiger partial charge in [-0.25, -0.2) is 16.8 Å². The van der Waals surface area contributed by atoms with Gasteiger partial charge in [0.05, 0.1) is 10.6 Å². The van der Waals surface area contributed by atoms with Crippen LogP contribution in [0, 0.1) is 6.92 Å². The highest BCUT2D eigenvalue weighted by Crippen LogP contribution is 2.20. The molecule has 0 atom stereocenters. The van der Waals surface area contributed by atoms with Gasteiger partial charge in [0.25, 0.3) is 0 Å². The fourth-order valence-corrected chi connectivity index (χ4v) is 3.80. The van der Waals surface area contributed by atoms with Gasteiger partial charge in [0.15, 0.2) is 0 Å². The van der Waals surface area contributed by atoms with Crippen LogP contribution in [0.5, 0.6) is 0 Å². The molecular formula is C12H20N2O4S2. The lowest BCUT2D eigenvalue weighted by Crippen LogP contribution is -2.32. The molecule has 0 saturated carbocycles. The monoisotopic (exact) mass is 320 g/mol. The van der Waals surface area contributed by atoms with Crippen molar-refractivity contribution < 1.29 is 16.8 Å². The minimum absolute atomic E-state index is 0.0759. The Morgan fingerprint density at radius 1 is 1.20 bits per heavy atom. The lowest BCUT2D eigenvalue weighted by molar-refractivity contribution is 0.484. The Labute approximate surface area is 120 Å². The van der Waals surface area contributed by atoms with Crippen LogP contribution in [0.25, 0.3) is 0 Å². The predicted molar refractivity (Wildman–Crippen MR) is 78.6 cm³/mol. The molecule has 0 amide bonds. The summed E-state index contributed by atoms with van der Waals surface area (Å²) in [6.45, 7) is 1.86. The molecule has 0 unspecified atom stereocenters. The number of sulfone groups is 1. The Morgan fingerprint density at radius 3 is 2.30 bits per heavy atom. The number of nitrogens with two attached hydrogens (primary N) is 1. The van der Waals surface area contributed by atoms with Gasteiger partial charge < -0.3 is 5.73 Å². The van der Waals surface area contributed by atoms with Crippen molar-refractivity contribution in [1.29, 1.82) is 0 Å². The Bertz CT molecular complexity index is 681. The van der Waals surface area contributed by atoms with Crippen LogP contribution in [0.3, 0.4) is 0 Å². The maximum absolute atomic E-state index is 12.4. The highest BCUT2D eigenvalue weighted by Gasteiger charge is 2.23. The molecule has 0 aromatic heterocycles. The molecule has 20 heavy (non-hydrogen) atoms. The number of benzene rings is 1. The van der Waals surface area contributed by atoms with E-state index >= 15 is 0 Å². The number of hydrogen-bond donors (Lipinski definition) is 1. The Hall–Kier alpha value is -0.960. The zero-order chi connectivity index (χ0) is 15.6. The van der Waals surface area contributed by atoms with Crippen molar-refractivity contribution in [3.05, 3.63) is 29.3 Å². The van der Waals surface area contributed by atoms with E-state index in [1.165, 1.54) is 13.1 Å². The van der Waals surface area contributed by atoms with Gasteiger partial charge >= 0.3 is 0 Å². The summed E-state index contributed by atoms with van der Waals surface area (Å²) in [6.07, 6.45) is 1.08. The first-order valence-electron chi connectivity index (χ1n) is 6.01. The van der Waals surface area contributed by atoms with Crippen molar-refractivity contribution in [2.24, 2.45) is 5.73 Å². The van der Waals surface area contributed by atoms with Gasteiger partial charge in [-0.1, -0.05) is 12.1 Å². The van der Waals surface area contributed by atoms with Gasteiger partial charge in [-0.2, -0.15) is 4.31 Å². The van der Waals surface area contributed by atoms with Gasteiger partial charge in [0.2, 0.25) is 10.0 Å². The van der Waals surface area contributed by atoms with E-state index < -0.39 is 19.9 Å². The van der Waals surface area contributed by atoms with E-state index in [2.05, 4.69) is 0 Å². The molecule has 0 saturated heterocycles. The molecular weight excluding hydrogens is 300 g/mol. The molecule has 0 aliphatic carbocycles. The first kappa shape index (κ1) is 17.1. The molecule has 114 valence electrons. The standard InChI is InChI=1S/C12H20N2O4S2/c1-10-4-5-11(9-13)8-12(10)20(17,18)14(2)6-7-19(3,15)16/h4-5,8H,6-7,9,13H2,1-3H3. The van der Waals surface area contributed by atoms with Crippen molar-refractivity contribution in [3.8, 4) is 0 Å². The van der Waals surface area contributed by atoms with Crippen molar-refractivity contribution >= 4 is 19.9 Å². The summed E-state index contributed by atoms with van der Waals surface area (Å²) in [4.78, 5) is 0.163. The van der Waals surface area contributed by atoms with Crippen LogP contribution in [-0.4, -0.2) is 46.7 Å². The second kappa shape index (κ2) is 6.21. The molecule has 8 heteroatoms. The molecule has 0 fully saturated rings. The molecule has 2 N–H and O–H groups in total. The highest BCUT2D eigenvalue weighted by molar-refractivity contribution is 7.91. The SMILES string of the molecule is Cc1ccc(CN)cc1S(=O)(=O)N(C)CCS(C)(=O)=O. The van der Waals surface area contributed by atoms with Crippen LogP contribution < -0.4 is 5.73 Å². The Kier molecular flexibility index (Phi) is 5.31. The third-order valence-corrected chi connectivity index (χ3v) is 5.88. The molecule has 0 aliphatic heterocycles. The van der Waals surface area contributed by atoms with Gasteiger partial charge in [-0.3, -0.25) is 0 Å². The third kappa shape index (κ3) is 4.27. The van der Waals surface area contributed by atoms with Crippen molar-refractivity contribution in [2.45, 2.75) is 18.4 Å². The summed E-state index contributed by atoms with van der Waals surface area (Å²) in [7, 11) is -5.55. The van der Waals surface area contributed by atoms with Crippen LogP contribution in [-0.2, 0) is 26.4 Å². The van der Waals surface area contributed by atoms with Crippen LogP contribution in [0.2, 0.25) is 0 Å². The first-order valence-corrected chi connectivity index (χ1v) is 9.51. The summed E-state index contributed by atoms with van der Waals surface area (Å²) in [6, 6.07) is 4.99. The van der Waals surface area contributed by atoms with Crippen LogP contribution >= 0.6 is 0 Å². The summed E-state index contributed by atoms with van der Waals surface area (Å²) in [5.41, 5.74) is 6.83. The van der Waals surface area contributed by atoms with E-state index in [0.717, 1.165) is 10.6 Å². The number of aryl methyl sites for hydroxylation is 1. The number of sulfonamides is 1. The van der Waals surface area contributed by atoms with Crippen molar-refractivity contribution in [2.75, 3.05) is 25.6 Å². The van der Waals surface area contributed by atoms with E-state index in [-0.39, 0.29) is 23.7 Å². The second-order valence-corrected chi connectivity index (χ2v) is 9.03. The minimum Gasteiger partial charge on any atom is -0.326 e. The van der Waals surface area contributed by atoms with Crippen molar-refractivity contribution in [1.82, 2.24) is 4.31 Å². The zero-order valence-corrected chi connectivity index (χ0v) is 13.5. The fraction of sp³-hybridized carbons (Fsp3) is 0.500. The summed E-state index contributed by atoms with van der Waals surface area (Å²) in [5, 5.41) is 0. The molecule has 1 aromatic carbocycles. The topological polar surface area (TPSA) is 97.5 Å². The molecule has 0 spiro atoms. The van der Waals surface area contributed by atoms with Crippen LogP contribution in [0.1, 0.15) is 11.1 Å². The molecule has 1 rings (SSSR count). The van der Waals surface area contributed by atoms with Gasteiger partial charge in [0, 0.05) is 26.4 Å². The van der Waals surface area contributed by atoms with E-state index in [1.807, 2.05) is 0 Å². The number of nitrogens with zero attached hydrogens (tertiary/aromatic N) is 1. The second-order valence-electron chi connectivity index (χ2n) is 4.76. The minimum atomic E-state index is -3.71. The summed E-state index contributed by atoms with van der Waals surface area (Å²) in [5.74, 6) is -0.210. The zero-order valence-electron chi connectivity index (χ0n) is 11.8. The van der Waals surface area contributed by atoms with Crippen LogP contribution in [0.15, 0.2) is 23.1 Å². The van der Waals surface area contributed by atoms with E-state index in [4.69, 9.17) is 5.73 Å². The van der Waals surface area contributed by atoms with Gasteiger partial charge in [-0.15, -0.1) is 0 Å². The molecule has 0 bridgehead atoms. The molecule has 0 radical (unpaired) electrons. The van der Waals surface area contributed by atoms with E-state index in [0.29, 0.717) is 11.1 Å². The first-order chi connectivity index (χ1) is 9.08. The smallest absolute Gasteiger partial charge is 0.243 e. The van der Waals surface area contributed by atoms with E-state index in [1.54, 1.807) is 19.1 Å². The lowest BCUT2D eigenvalue weighted by Gasteiger charge is -2.18. The molecule has 1 aromatic rings. The Morgan fingerprint density at radius 2 is 1.80 bits per heavy atom. The maximum Gasteiger partial charge on any atom is 0.243 e. The summed E-state index contributed by atoms with van der Waals surface area (Å²) < 4.78 is 48.2. The summed E-state index contributed by atoms with van der Waals surface area (Å²) >= 11 is 0. The molecule has 0 aliphatic rings. The lowest BCUT2D eigenvalue weighted by atomic mass is 10.1. The molecule has 0 heterocycles. The largest absolute Gasteiger partial charge is 0.326 e. The number of rotatable bonds is 6. The third-order valence-electron chi connectivity index (χ3n) is 2.95. The van der Waals surface area contributed by atoms with Gasteiger partial charge in [-0.05, 0) is 24.1 Å². The quantitative estimate of drug-likeness (QED) is 0.803. The van der Waals surface area contributed by atoms with Gasteiger partial charge in [0.1, 0.15) is 9.84 Å². The fourth-order valence-electron chi connectivity index (χ4n) is 1.63. The predicted octanol–water partition coefficient (Wildman–Crippen LogP) is 0.119.